The molecular weight excluding hydrogens is 422 g/mol. The SMILES string of the molecule is Cc1ccccc1-c1nc2ccc(OCC(C)C)cc2c(=O)n1C[C@H]1CCCN(C2CCC2)C1. The first-order chi connectivity index (χ1) is 16.5. The molecule has 2 aromatic carbocycles. The van der Waals surface area contributed by atoms with Gasteiger partial charge < -0.3 is 9.64 Å². The molecule has 0 radical (unpaired) electrons. The quantitative estimate of drug-likeness (QED) is 0.457. The number of hydrogen-bond donors (Lipinski definition) is 0. The predicted octanol–water partition coefficient (Wildman–Crippen LogP) is 5.67. The van der Waals surface area contributed by atoms with E-state index in [4.69, 9.17) is 9.72 Å². The molecule has 5 heteroatoms. The Morgan fingerprint density at radius 3 is 2.65 bits per heavy atom. The van der Waals surface area contributed by atoms with Gasteiger partial charge in [0.25, 0.3) is 5.56 Å². The minimum absolute atomic E-state index is 0.0408. The fourth-order valence-corrected chi connectivity index (χ4v) is 5.34. The summed E-state index contributed by atoms with van der Waals surface area (Å²) in [4.78, 5) is 21.6. The Labute approximate surface area is 202 Å². The van der Waals surface area contributed by atoms with Crippen molar-refractivity contribution < 1.29 is 4.74 Å². The van der Waals surface area contributed by atoms with Crippen LogP contribution < -0.4 is 10.3 Å². The van der Waals surface area contributed by atoms with Crippen LogP contribution in [-0.4, -0.2) is 40.2 Å². The Balaban J connectivity index is 1.55. The van der Waals surface area contributed by atoms with Gasteiger partial charge in [0.05, 0.1) is 17.5 Å². The molecule has 0 amide bonds. The molecule has 0 bridgehead atoms. The highest BCUT2D eigenvalue weighted by Crippen LogP contribution is 2.31. The molecule has 2 fully saturated rings. The number of piperidine rings is 1. The van der Waals surface area contributed by atoms with E-state index in [0.29, 0.717) is 30.4 Å². The topological polar surface area (TPSA) is 47.4 Å². The van der Waals surface area contributed by atoms with Crippen LogP contribution in [0.1, 0.15) is 51.5 Å². The van der Waals surface area contributed by atoms with Gasteiger partial charge in [-0.15, -0.1) is 0 Å². The lowest BCUT2D eigenvalue weighted by molar-refractivity contribution is 0.0717. The molecule has 5 nitrogen and oxygen atoms in total. The van der Waals surface area contributed by atoms with Crippen LogP contribution in [0.2, 0.25) is 0 Å². The number of benzene rings is 2. The third-order valence-electron chi connectivity index (χ3n) is 7.48. The third-order valence-corrected chi connectivity index (χ3v) is 7.48. The molecule has 1 aliphatic heterocycles. The maximum absolute atomic E-state index is 13.9. The van der Waals surface area contributed by atoms with Gasteiger partial charge in [0.1, 0.15) is 11.6 Å². The van der Waals surface area contributed by atoms with Crippen molar-refractivity contribution in [2.45, 2.75) is 65.5 Å². The summed E-state index contributed by atoms with van der Waals surface area (Å²) in [5.41, 5.74) is 2.95. The molecule has 1 aromatic heterocycles. The standard InChI is InChI=1S/C29H37N3O2/c1-20(2)19-34-24-13-14-27-26(16-24)29(33)32(28(30-27)25-12-5-4-8-21(25)3)18-22-9-7-15-31(17-22)23-10-6-11-23/h4-5,8,12-14,16,20,22-23H,6-7,9-11,15,17-19H2,1-3H3/t22-/m0/s1. The third kappa shape index (κ3) is 4.76. The van der Waals surface area contributed by atoms with Gasteiger partial charge in [0.2, 0.25) is 0 Å². The second-order valence-corrected chi connectivity index (χ2v) is 10.6. The molecule has 0 spiro atoms. The van der Waals surface area contributed by atoms with Crippen LogP contribution in [-0.2, 0) is 6.54 Å². The second-order valence-electron chi connectivity index (χ2n) is 10.6. The van der Waals surface area contributed by atoms with Gasteiger partial charge in [-0.2, -0.15) is 0 Å². The van der Waals surface area contributed by atoms with Crippen LogP contribution in [0.5, 0.6) is 5.75 Å². The Hall–Kier alpha value is -2.66. The summed E-state index contributed by atoms with van der Waals surface area (Å²) in [6, 6.07) is 14.7. The van der Waals surface area contributed by atoms with Crippen molar-refractivity contribution >= 4 is 10.9 Å². The predicted molar refractivity (Wildman–Crippen MR) is 138 cm³/mol. The molecule has 0 N–H and O–H groups in total. The molecule has 180 valence electrons. The van der Waals surface area contributed by atoms with Crippen LogP contribution in [0.15, 0.2) is 47.3 Å². The Morgan fingerprint density at radius 2 is 1.91 bits per heavy atom. The number of fused-ring (bicyclic) bond motifs is 1. The van der Waals surface area contributed by atoms with Crippen LogP contribution in [0.4, 0.5) is 0 Å². The Morgan fingerprint density at radius 1 is 1.09 bits per heavy atom. The summed E-state index contributed by atoms with van der Waals surface area (Å²) in [6.45, 7) is 9.98. The van der Waals surface area contributed by atoms with Crippen molar-refractivity contribution in [2.75, 3.05) is 19.7 Å². The van der Waals surface area contributed by atoms with Crippen molar-refractivity contribution in [1.29, 1.82) is 0 Å². The fourth-order valence-electron chi connectivity index (χ4n) is 5.34. The van der Waals surface area contributed by atoms with E-state index in [1.165, 1.54) is 38.6 Å². The number of rotatable bonds is 7. The highest BCUT2D eigenvalue weighted by Gasteiger charge is 2.30. The largest absolute Gasteiger partial charge is 0.493 e. The zero-order chi connectivity index (χ0) is 23.7. The number of ether oxygens (including phenoxy) is 1. The molecule has 2 aliphatic rings. The highest BCUT2D eigenvalue weighted by atomic mass is 16.5. The lowest BCUT2D eigenvalue weighted by Crippen LogP contribution is -2.47. The first kappa shape index (κ1) is 23.1. The molecule has 1 saturated heterocycles. The van der Waals surface area contributed by atoms with E-state index in [0.717, 1.165) is 40.8 Å². The number of likely N-dealkylation sites (tertiary alicyclic amines) is 1. The van der Waals surface area contributed by atoms with Gasteiger partial charge >= 0.3 is 0 Å². The van der Waals surface area contributed by atoms with E-state index < -0.39 is 0 Å². The van der Waals surface area contributed by atoms with Gasteiger partial charge in [0.15, 0.2) is 0 Å². The van der Waals surface area contributed by atoms with Crippen molar-refractivity contribution in [1.82, 2.24) is 14.5 Å². The molecule has 2 heterocycles. The average molecular weight is 460 g/mol. The van der Waals surface area contributed by atoms with Crippen LogP contribution in [0.25, 0.3) is 22.3 Å². The van der Waals surface area contributed by atoms with Crippen LogP contribution in [0.3, 0.4) is 0 Å². The molecule has 1 saturated carbocycles. The van der Waals surface area contributed by atoms with E-state index in [2.05, 4.69) is 37.8 Å². The molecule has 3 aromatic rings. The van der Waals surface area contributed by atoms with Gasteiger partial charge in [-0.25, -0.2) is 4.98 Å². The molecule has 5 rings (SSSR count). The van der Waals surface area contributed by atoms with Crippen molar-refractivity contribution in [2.24, 2.45) is 11.8 Å². The monoisotopic (exact) mass is 459 g/mol. The normalized spacial score (nSPS) is 19.5. The minimum Gasteiger partial charge on any atom is -0.493 e. The summed E-state index contributed by atoms with van der Waals surface area (Å²) >= 11 is 0. The number of nitrogens with zero attached hydrogens (tertiary/aromatic N) is 3. The van der Waals surface area contributed by atoms with Gasteiger partial charge in [-0.05, 0) is 74.8 Å². The maximum Gasteiger partial charge on any atom is 0.261 e. The van der Waals surface area contributed by atoms with E-state index >= 15 is 0 Å². The van der Waals surface area contributed by atoms with Crippen LogP contribution in [0, 0.1) is 18.8 Å². The molecular formula is C29H37N3O2. The van der Waals surface area contributed by atoms with E-state index in [1.54, 1.807) is 0 Å². The Bertz CT molecular complexity index is 1210. The number of hydrogen-bond acceptors (Lipinski definition) is 4. The van der Waals surface area contributed by atoms with Gasteiger partial charge in [-0.1, -0.05) is 44.5 Å². The zero-order valence-corrected chi connectivity index (χ0v) is 20.8. The fraction of sp³-hybridized carbons (Fsp3) is 0.517. The summed E-state index contributed by atoms with van der Waals surface area (Å²) < 4.78 is 7.88. The first-order valence-electron chi connectivity index (χ1n) is 13.0. The highest BCUT2D eigenvalue weighted by molar-refractivity contribution is 5.81. The summed E-state index contributed by atoms with van der Waals surface area (Å²) in [7, 11) is 0. The minimum atomic E-state index is 0.0408. The zero-order valence-electron chi connectivity index (χ0n) is 20.8. The molecule has 1 atom stereocenters. The summed E-state index contributed by atoms with van der Waals surface area (Å²) in [5.74, 6) is 2.42. The van der Waals surface area contributed by atoms with E-state index in [1.807, 2.05) is 34.9 Å². The summed E-state index contributed by atoms with van der Waals surface area (Å²) in [6.07, 6.45) is 6.40. The molecule has 34 heavy (non-hydrogen) atoms. The number of aryl methyl sites for hydroxylation is 1. The molecule has 0 unspecified atom stereocenters. The van der Waals surface area contributed by atoms with E-state index in [9.17, 15) is 4.79 Å². The van der Waals surface area contributed by atoms with Crippen LogP contribution >= 0.6 is 0 Å². The smallest absolute Gasteiger partial charge is 0.261 e. The van der Waals surface area contributed by atoms with E-state index in [-0.39, 0.29) is 5.56 Å². The van der Waals surface area contributed by atoms with Gasteiger partial charge in [0, 0.05) is 24.7 Å². The summed E-state index contributed by atoms with van der Waals surface area (Å²) in [5, 5.41) is 0.644. The average Bonchev–Trinajstić information content (AvgIpc) is 2.79. The van der Waals surface area contributed by atoms with Gasteiger partial charge in [-0.3, -0.25) is 9.36 Å². The Kier molecular flexibility index (Phi) is 6.73. The molecule has 1 aliphatic carbocycles. The second kappa shape index (κ2) is 9.91. The lowest BCUT2D eigenvalue weighted by atomic mass is 9.87. The number of aromatic nitrogens is 2. The van der Waals surface area contributed by atoms with Crippen molar-refractivity contribution in [3.05, 3.63) is 58.4 Å². The first-order valence-corrected chi connectivity index (χ1v) is 13.0. The maximum atomic E-state index is 13.9. The lowest BCUT2D eigenvalue weighted by Gasteiger charge is -2.42. The van der Waals surface area contributed by atoms with Crippen molar-refractivity contribution in [3.63, 3.8) is 0 Å². The van der Waals surface area contributed by atoms with Crippen molar-refractivity contribution in [3.8, 4) is 17.1 Å².